The SMILES string of the molecule is CCOC(C)CNCC1CCCCO1. The van der Waals surface area contributed by atoms with E-state index in [2.05, 4.69) is 12.2 Å². The molecule has 14 heavy (non-hydrogen) atoms. The van der Waals surface area contributed by atoms with Crippen LogP contribution < -0.4 is 5.32 Å². The smallest absolute Gasteiger partial charge is 0.0699 e. The monoisotopic (exact) mass is 201 g/mol. The maximum atomic E-state index is 5.62. The fourth-order valence-corrected chi connectivity index (χ4v) is 1.76. The molecule has 1 aliphatic heterocycles. The van der Waals surface area contributed by atoms with Crippen LogP contribution in [0.15, 0.2) is 0 Å². The molecular formula is C11H23NO2. The van der Waals surface area contributed by atoms with Gasteiger partial charge in [0.2, 0.25) is 0 Å². The van der Waals surface area contributed by atoms with Crippen molar-refractivity contribution >= 4 is 0 Å². The second-order valence-corrected chi connectivity index (χ2v) is 3.91. The fourth-order valence-electron chi connectivity index (χ4n) is 1.76. The van der Waals surface area contributed by atoms with Gasteiger partial charge in [-0.2, -0.15) is 0 Å². The lowest BCUT2D eigenvalue weighted by Crippen LogP contribution is -2.36. The molecule has 3 nitrogen and oxygen atoms in total. The molecule has 1 heterocycles. The molecule has 0 aromatic rings. The standard InChI is InChI=1S/C11H23NO2/c1-3-13-10(2)8-12-9-11-6-4-5-7-14-11/h10-12H,3-9H2,1-2H3. The Bertz CT molecular complexity index is 135. The van der Waals surface area contributed by atoms with Crippen molar-refractivity contribution in [2.45, 2.75) is 45.3 Å². The van der Waals surface area contributed by atoms with Crippen molar-refractivity contribution in [2.24, 2.45) is 0 Å². The molecule has 1 N–H and O–H groups in total. The van der Waals surface area contributed by atoms with E-state index in [1.54, 1.807) is 0 Å². The van der Waals surface area contributed by atoms with Gasteiger partial charge in [-0.15, -0.1) is 0 Å². The van der Waals surface area contributed by atoms with Crippen LogP contribution in [0.1, 0.15) is 33.1 Å². The minimum atomic E-state index is 0.309. The number of ether oxygens (including phenoxy) is 2. The summed E-state index contributed by atoms with van der Waals surface area (Å²) in [5.41, 5.74) is 0. The van der Waals surface area contributed by atoms with Crippen molar-refractivity contribution in [1.29, 1.82) is 0 Å². The Labute approximate surface area is 87.2 Å². The number of hydrogen-bond acceptors (Lipinski definition) is 3. The molecule has 0 bridgehead atoms. The highest BCUT2D eigenvalue weighted by Gasteiger charge is 2.13. The van der Waals surface area contributed by atoms with Gasteiger partial charge in [-0.1, -0.05) is 0 Å². The van der Waals surface area contributed by atoms with Gasteiger partial charge in [0.05, 0.1) is 12.2 Å². The Morgan fingerprint density at radius 3 is 3.00 bits per heavy atom. The number of nitrogens with one attached hydrogen (secondary N) is 1. The molecule has 2 atom stereocenters. The van der Waals surface area contributed by atoms with Gasteiger partial charge < -0.3 is 14.8 Å². The summed E-state index contributed by atoms with van der Waals surface area (Å²) in [4.78, 5) is 0. The lowest BCUT2D eigenvalue weighted by atomic mass is 10.1. The summed E-state index contributed by atoms with van der Waals surface area (Å²) in [5.74, 6) is 0. The van der Waals surface area contributed by atoms with Crippen molar-refractivity contribution in [3.8, 4) is 0 Å². The quantitative estimate of drug-likeness (QED) is 0.707. The molecule has 3 heteroatoms. The van der Waals surface area contributed by atoms with Crippen molar-refractivity contribution in [3.63, 3.8) is 0 Å². The van der Waals surface area contributed by atoms with Gasteiger partial charge in [-0.3, -0.25) is 0 Å². The molecule has 0 aliphatic carbocycles. The van der Waals surface area contributed by atoms with E-state index in [4.69, 9.17) is 9.47 Å². The topological polar surface area (TPSA) is 30.5 Å². The predicted molar refractivity (Wildman–Crippen MR) is 57.5 cm³/mol. The van der Waals surface area contributed by atoms with Gasteiger partial charge in [0, 0.05) is 26.3 Å². The fraction of sp³-hybridized carbons (Fsp3) is 1.00. The molecular weight excluding hydrogens is 178 g/mol. The van der Waals surface area contributed by atoms with Gasteiger partial charge in [-0.25, -0.2) is 0 Å². The summed E-state index contributed by atoms with van der Waals surface area (Å²) >= 11 is 0. The molecule has 1 aliphatic rings. The third-order valence-electron chi connectivity index (χ3n) is 2.53. The first-order chi connectivity index (χ1) is 6.83. The highest BCUT2D eigenvalue weighted by Crippen LogP contribution is 2.11. The first kappa shape index (κ1) is 12.0. The van der Waals surface area contributed by atoms with Crippen LogP contribution in [0.3, 0.4) is 0 Å². The Balaban J connectivity index is 1.96. The zero-order chi connectivity index (χ0) is 10.2. The summed E-state index contributed by atoms with van der Waals surface area (Å²) in [6.45, 7) is 7.75. The van der Waals surface area contributed by atoms with Crippen LogP contribution in [0.25, 0.3) is 0 Å². The predicted octanol–water partition coefficient (Wildman–Crippen LogP) is 1.57. The van der Waals surface area contributed by atoms with E-state index < -0.39 is 0 Å². The second-order valence-electron chi connectivity index (χ2n) is 3.91. The number of hydrogen-bond donors (Lipinski definition) is 1. The molecule has 1 fully saturated rings. The average molecular weight is 201 g/mol. The maximum absolute atomic E-state index is 5.62. The molecule has 1 rings (SSSR count). The van der Waals surface area contributed by atoms with Gasteiger partial charge in [0.15, 0.2) is 0 Å². The minimum absolute atomic E-state index is 0.309. The lowest BCUT2D eigenvalue weighted by molar-refractivity contribution is 0.0130. The van der Waals surface area contributed by atoms with Crippen molar-refractivity contribution in [2.75, 3.05) is 26.3 Å². The van der Waals surface area contributed by atoms with Crippen LogP contribution in [0, 0.1) is 0 Å². The van der Waals surface area contributed by atoms with Gasteiger partial charge in [-0.05, 0) is 33.1 Å². The molecule has 0 spiro atoms. The minimum Gasteiger partial charge on any atom is -0.377 e. The van der Waals surface area contributed by atoms with Crippen LogP contribution in [0.2, 0.25) is 0 Å². The van der Waals surface area contributed by atoms with E-state index in [0.717, 1.165) is 26.3 Å². The Kier molecular flexibility index (Phi) is 6.15. The summed E-state index contributed by atoms with van der Waals surface area (Å²) in [6.07, 6.45) is 4.48. The number of rotatable bonds is 6. The average Bonchev–Trinajstić information content (AvgIpc) is 2.20. The molecule has 1 saturated heterocycles. The first-order valence-electron chi connectivity index (χ1n) is 5.77. The van der Waals surface area contributed by atoms with E-state index in [9.17, 15) is 0 Å². The van der Waals surface area contributed by atoms with Crippen molar-refractivity contribution in [1.82, 2.24) is 5.32 Å². The van der Waals surface area contributed by atoms with E-state index in [1.165, 1.54) is 19.3 Å². The largest absolute Gasteiger partial charge is 0.377 e. The zero-order valence-corrected chi connectivity index (χ0v) is 9.42. The van der Waals surface area contributed by atoms with Crippen LogP contribution in [0.5, 0.6) is 0 Å². The van der Waals surface area contributed by atoms with Crippen LogP contribution in [-0.4, -0.2) is 38.5 Å². The summed E-state index contributed by atoms with van der Waals surface area (Å²) in [7, 11) is 0. The maximum Gasteiger partial charge on any atom is 0.0699 e. The van der Waals surface area contributed by atoms with Crippen molar-refractivity contribution < 1.29 is 9.47 Å². The highest BCUT2D eigenvalue weighted by atomic mass is 16.5. The molecule has 0 aromatic carbocycles. The van der Waals surface area contributed by atoms with E-state index in [1.807, 2.05) is 6.92 Å². The van der Waals surface area contributed by atoms with Crippen LogP contribution >= 0.6 is 0 Å². The molecule has 0 saturated carbocycles. The summed E-state index contributed by atoms with van der Waals surface area (Å²) < 4.78 is 11.0. The normalized spacial score (nSPS) is 24.9. The molecule has 84 valence electrons. The molecule has 2 unspecified atom stereocenters. The third-order valence-corrected chi connectivity index (χ3v) is 2.53. The Morgan fingerprint density at radius 2 is 2.36 bits per heavy atom. The van der Waals surface area contributed by atoms with Crippen LogP contribution in [0.4, 0.5) is 0 Å². The third kappa shape index (κ3) is 4.94. The lowest BCUT2D eigenvalue weighted by Gasteiger charge is -2.23. The van der Waals surface area contributed by atoms with Crippen molar-refractivity contribution in [3.05, 3.63) is 0 Å². The molecule has 0 aromatic heterocycles. The first-order valence-corrected chi connectivity index (χ1v) is 5.77. The van der Waals surface area contributed by atoms with Gasteiger partial charge in [0.1, 0.15) is 0 Å². The molecule has 0 amide bonds. The van der Waals surface area contributed by atoms with Crippen LogP contribution in [-0.2, 0) is 9.47 Å². The zero-order valence-electron chi connectivity index (χ0n) is 9.42. The Morgan fingerprint density at radius 1 is 1.50 bits per heavy atom. The summed E-state index contributed by atoms with van der Waals surface area (Å²) in [6, 6.07) is 0. The van der Waals surface area contributed by atoms with Gasteiger partial charge in [0.25, 0.3) is 0 Å². The highest BCUT2D eigenvalue weighted by molar-refractivity contribution is 4.67. The Hall–Kier alpha value is -0.120. The summed E-state index contributed by atoms with van der Waals surface area (Å²) in [5, 5.41) is 3.39. The van der Waals surface area contributed by atoms with Gasteiger partial charge >= 0.3 is 0 Å². The van der Waals surface area contributed by atoms with E-state index >= 15 is 0 Å². The molecule has 0 radical (unpaired) electrons. The second kappa shape index (κ2) is 7.21. The van der Waals surface area contributed by atoms with E-state index in [0.29, 0.717) is 12.2 Å². The van der Waals surface area contributed by atoms with E-state index in [-0.39, 0.29) is 0 Å².